The summed E-state index contributed by atoms with van der Waals surface area (Å²) in [5.74, 6) is -1.74. The van der Waals surface area contributed by atoms with Gasteiger partial charge >= 0.3 is 0 Å². The first-order valence-corrected chi connectivity index (χ1v) is 13.9. The molecule has 0 saturated carbocycles. The van der Waals surface area contributed by atoms with Gasteiger partial charge in [0.05, 0.1) is 55.4 Å². The fourth-order valence-electron chi connectivity index (χ4n) is 4.70. The highest BCUT2D eigenvalue weighted by atomic mass is 35.5. The van der Waals surface area contributed by atoms with Gasteiger partial charge in [-0.15, -0.1) is 0 Å². The number of fused-ring (bicyclic) bond motifs is 1. The lowest BCUT2D eigenvalue weighted by Crippen LogP contribution is -2.44. The molecule has 1 atom stereocenters. The molecule has 2 fully saturated rings. The monoisotopic (exact) mass is 603 g/mol. The quantitative estimate of drug-likeness (QED) is 0.258. The molecule has 42 heavy (non-hydrogen) atoms. The van der Waals surface area contributed by atoms with Crippen LogP contribution in [0.4, 0.5) is 26.0 Å². The van der Waals surface area contributed by atoms with Crippen LogP contribution in [0.25, 0.3) is 10.9 Å². The maximum Gasteiger partial charge on any atom is 0.284 e. The number of nitrogens with one attached hydrogen (secondary N) is 2. The Hall–Kier alpha value is -3.42. The van der Waals surface area contributed by atoms with Crippen molar-refractivity contribution in [3.63, 3.8) is 0 Å². The summed E-state index contributed by atoms with van der Waals surface area (Å²) in [7, 11) is 0. The lowest BCUT2D eigenvalue weighted by atomic mass is 9.90. The Morgan fingerprint density at radius 3 is 2.88 bits per heavy atom. The smallest absolute Gasteiger partial charge is 0.284 e. The molecule has 0 bridgehead atoms. The predicted octanol–water partition coefficient (Wildman–Crippen LogP) is 4.46. The van der Waals surface area contributed by atoms with Gasteiger partial charge in [0.25, 0.3) is 5.91 Å². The summed E-state index contributed by atoms with van der Waals surface area (Å²) in [6, 6.07) is 7.42. The highest BCUT2D eigenvalue weighted by Crippen LogP contribution is 2.36. The zero-order valence-corrected chi connectivity index (χ0v) is 23.8. The summed E-state index contributed by atoms with van der Waals surface area (Å²) in [5, 5.41) is 15.1. The highest BCUT2D eigenvalue weighted by molar-refractivity contribution is 6.31. The van der Waals surface area contributed by atoms with E-state index in [1.54, 1.807) is 12.1 Å². The molecule has 1 amide bonds. The molecule has 10 nitrogen and oxygen atoms in total. The van der Waals surface area contributed by atoms with Gasteiger partial charge < -0.3 is 30.0 Å². The van der Waals surface area contributed by atoms with Gasteiger partial charge in [-0.1, -0.05) is 18.5 Å². The van der Waals surface area contributed by atoms with Crippen molar-refractivity contribution < 1.29 is 32.9 Å². The molecule has 2 saturated heterocycles. The maximum absolute atomic E-state index is 15.0. The lowest BCUT2D eigenvalue weighted by molar-refractivity contribution is -0.120. The number of amides is 1. The van der Waals surface area contributed by atoms with Crippen molar-refractivity contribution in [2.24, 2.45) is 5.41 Å². The van der Waals surface area contributed by atoms with Crippen molar-refractivity contribution >= 4 is 45.6 Å². The van der Waals surface area contributed by atoms with E-state index in [1.807, 2.05) is 11.8 Å². The number of likely N-dealkylation sites (tertiary alicyclic amines) is 1. The number of aromatic nitrogens is 2. The van der Waals surface area contributed by atoms with Gasteiger partial charge in [-0.3, -0.25) is 9.69 Å². The molecule has 0 spiro atoms. The van der Waals surface area contributed by atoms with Crippen LogP contribution in [0, 0.1) is 11.2 Å². The Labute approximate surface area is 246 Å². The third-order valence-corrected chi connectivity index (χ3v) is 7.35. The predicted molar refractivity (Wildman–Crippen MR) is 154 cm³/mol. The van der Waals surface area contributed by atoms with Crippen LogP contribution in [0.2, 0.25) is 5.02 Å². The van der Waals surface area contributed by atoms with Crippen LogP contribution < -0.4 is 15.4 Å². The van der Waals surface area contributed by atoms with Gasteiger partial charge in [0, 0.05) is 42.2 Å². The number of rotatable bonds is 12. The number of halogens is 3. The van der Waals surface area contributed by atoms with Crippen molar-refractivity contribution in [3.05, 3.63) is 59.4 Å². The van der Waals surface area contributed by atoms with Gasteiger partial charge in [0.1, 0.15) is 23.7 Å². The van der Waals surface area contributed by atoms with E-state index in [1.165, 1.54) is 30.6 Å². The van der Waals surface area contributed by atoms with Crippen molar-refractivity contribution in [3.8, 4) is 5.75 Å². The Morgan fingerprint density at radius 2 is 2.14 bits per heavy atom. The summed E-state index contributed by atoms with van der Waals surface area (Å²) >= 11 is 5.93. The molecule has 1 aromatic heterocycles. The van der Waals surface area contributed by atoms with Crippen molar-refractivity contribution in [2.45, 2.75) is 19.4 Å². The topological polar surface area (TPSA) is 118 Å². The molecule has 13 heteroatoms. The van der Waals surface area contributed by atoms with Crippen LogP contribution in [0.15, 0.2) is 48.6 Å². The largest absolute Gasteiger partial charge is 0.491 e. The number of carbonyl (C=O) groups excluding carboxylic acids is 1. The number of carbonyl (C=O) groups is 1. The third kappa shape index (κ3) is 7.31. The number of aliphatic hydroxyl groups is 1. The number of ether oxygens (including phenoxy) is 3. The first-order chi connectivity index (χ1) is 20.2. The Balaban J connectivity index is 1.36. The van der Waals surface area contributed by atoms with Crippen molar-refractivity contribution in [1.29, 1.82) is 0 Å². The summed E-state index contributed by atoms with van der Waals surface area (Å²) in [6.45, 7) is 5.15. The van der Waals surface area contributed by atoms with Crippen LogP contribution in [0.1, 0.15) is 13.3 Å². The highest BCUT2D eigenvalue weighted by Gasteiger charge is 2.34. The number of hydrogen-bond acceptors (Lipinski definition) is 9. The molecule has 2 aromatic carbocycles. The van der Waals surface area contributed by atoms with E-state index in [2.05, 4.69) is 20.6 Å². The average Bonchev–Trinajstić information content (AvgIpc) is 3.42. The van der Waals surface area contributed by atoms with E-state index in [4.69, 9.17) is 30.9 Å². The summed E-state index contributed by atoms with van der Waals surface area (Å²) in [4.78, 5) is 23.5. The van der Waals surface area contributed by atoms with Gasteiger partial charge in [-0.2, -0.15) is 0 Å². The molecular formula is C29H32ClF2N5O5. The molecule has 5 rings (SSSR count). The van der Waals surface area contributed by atoms with Crippen molar-refractivity contribution in [1.82, 2.24) is 14.9 Å². The lowest BCUT2D eigenvalue weighted by Gasteiger charge is -2.37. The average molecular weight is 604 g/mol. The SMILES string of the molecule is CC1(COc2cc3ncnc(Nc4ccc(F)c(Cl)c4)c3cc2NC(=O)/C(F)=C\CN2CC[C@@H](OCCO)C2)COC1. The van der Waals surface area contributed by atoms with E-state index in [-0.39, 0.29) is 42.0 Å². The second-order valence-corrected chi connectivity index (χ2v) is 11.1. The summed E-state index contributed by atoms with van der Waals surface area (Å²) < 4.78 is 45.6. The van der Waals surface area contributed by atoms with Crippen LogP contribution in [0.5, 0.6) is 5.75 Å². The Kier molecular flexibility index (Phi) is 9.49. The first kappa shape index (κ1) is 30.1. The molecule has 0 aliphatic carbocycles. The molecule has 3 N–H and O–H groups in total. The zero-order chi connectivity index (χ0) is 29.7. The normalized spacial score (nSPS) is 18.6. The van der Waals surface area contributed by atoms with Crippen LogP contribution in [-0.4, -0.2) is 84.7 Å². The molecule has 2 aliphatic rings. The zero-order valence-electron chi connectivity index (χ0n) is 23.0. The number of aliphatic hydroxyl groups excluding tert-OH is 1. The standard InChI is InChI=1S/C29H32ClF2N5O5/c1-29(14-40-15-29)16-42-26-12-24-20(27(34-17-33-24)35-18-2-3-22(31)21(30)10-18)11-25(26)36-28(39)23(32)5-7-37-6-4-19(13-37)41-9-8-38/h2-3,5,10-12,17,19,38H,4,6-9,13-16H2,1H3,(H,36,39)(H,33,34,35)/b23-5+/t19-/m1/s1. The third-order valence-electron chi connectivity index (χ3n) is 7.06. The Bertz CT molecular complexity index is 1470. The molecule has 0 radical (unpaired) electrons. The molecule has 224 valence electrons. The minimum Gasteiger partial charge on any atom is -0.491 e. The van der Waals surface area contributed by atoms with E-state index >= 15 is 0 Å². The van der Waals surface area contributed by atoms with Crippen LogP contribution in [0.3, 0.4) is 0 Å². The van der Waals surface area contributed by atoms with E-state index in [9.17, 15) is 13.6 Å². The summed E-state index contributed by atoms with van der Waals surface area (Å²) in [5.41, 5.74) is 1.04. The fourth-order valence-corrected chi connectivity index (χ4v) is 4.88. The first-order valence-electron chi connectivity index (χ1n) is 13.6. The molecule has 3 heterocycles. The minimum absolute atomic E-state index is 0.0290. The molecule has 2 aliphatic heterocycles. The number of anilines is 3. The van der Waals surface area contributed by atoms with Gasteiger partial charge in [0.15, 0.2) is 5.83 Å². The van der Waals surface area contributed by atoms with E-state index < -0.39 is 17.6 Å². The van der Waals surface area contributed by atoms with Crippen molar-refractivity contribution in [2.75, 3.05) is 63.3 Å². The van der Waals surface area contributed by atoms with Gasteiger partial charge in [0.2, 0.25) is 0 Å². The number of nitrogens with zero attached hydrogens (tertiary/aromatic N) is 3. The minimum atomic E-state index is -0.941. The number of hydrogen-bond donors (Lipinski definition) is 3. The van der Waals surface area contributed by atoms with E-state index in [0.29, 0.717) is 61.1 Å². The van der Waals surface area contributed by atoms with Gasteiger partial charge in [-0.25, -0.2) is 18.7 Å². The second-order valence-electron chi connectivity index (χ2n) is 10.7. The fraction of sp³-hybridized carbons (Fsp3) is 0.414. The van der Waals surface area contributed by atoms with Crippen LogP contribution in [-0.2, 0) is 14.3 Å². The molecular weight excluding hydrogens is 572 g/mol. The number of benzene rings is 2. The van der Waals surface area contributed by atoms with E-state index in [0.717, 1.165) is 6.42 Å². The van der Waals surface area contributed by atoms with Crippen LogP contribution >= 0.6 is 11.6 Å². The summed E-state index contributed by atoms with van der Waals surface area (Å²) in [6.07, 6.45) is 3.33. The van der Waals surface area contributed by atoms with Gasteiger partial charge in [-0.05, 0) is 36.8 Å². The second kappa shape index (κ2) is 13.3. The Morgan fingerprint density at radius 1 is 1.31 bits per heavy atom. The maximum atomic E-state index is 15.0. The molecule has 0 unspecified atom stereocenters. The molecule has 3 aromatic rings.